The number of carbonyl (C=O) groups excluding carboxylic acids is 1. The largest absolute Gasteiger partial charge is 0.350 e. The van der Waals surface area contributed by atoms with Gasteiger partial charge >= 0.3 is 0 Å². The van der Waals surface area contributed by atoms with Gasteiger partial charge in [-0.1, -0.05) is 0 Å². The zero-order valence-corrected chi connectivity index (χ0v) is 12.2. The molecule has 7 nitrogen and oxygen atoms in total. The van der Waals surface area contributed by atoms with E-state index >= 15 is 0 Å². The van der Waals surface area contributed by atoms with Crippen LogP contribution in [0.2, 0.25) is 0 Å². The van der Waals surface area contributed by atoms with Gasteiger partial charge in [0.15, 0.2) is 0 Å². The van der Waals surface area contributed by atoms with Gasteiger partial charge in [0, 0.05) is 17.6 Å². The summed E-state index contributed by atoms with van der Waals surface area (Å²) in [6, 6.07) is 7.09. The minimum atomic E-state index is -0.206. The predicted molar refractivity (Wildman–Crippen MR) is 79.5 cm³/mol. The van der Waals surface area contributed by atoms with Crippen LogP contribution in [0.25, 0.3) is 5.69 Å². The molecule has 1 aliphatic carbocycles. The van der Waals surface area contributed by atoms with Gasteiger partial charge in [-0.05, 0) is 54.0 Å². The van der Waals surface area contributed by atoms with Gasteiger partial charge in [-0.3, -0.25) is 4.79 Å². The lowest BCUT2D eigenvalue weighted by Crippen LogP contribution is -2.54. The lowest BCUT2D eigenvalue weighted by molar-refractivity contribution is 0.0930. The van der Waals surface area contributed by atoms with Crippen molar-refractivity contribution in [2.24, 2.45) is 5.73 Å². The SMILES string of the molecule is Cl.NC1(CNC(=O)c2ccc(-n3cnnn3)cc2)CCC1. The lowest BCUT2D eigenvalue weighted by atomic mass is 9.78. The molecule has 1 saturated carbocycles. The number of carbonyl (C=O) groups is 1. The third kappa shape index (κ3) is 3.37. The monoisotopic (exact) mass is 308 g/mol. The Hall–Kier alpha value is -1.99. The van der Waals surface area contributed by atoms with Crippen LogP contribution in [0.4, 0.5) is 0 Å². The van der Waals surface area contributed by atoms with E-state index in [4.69, 9.17) is 5.73 Å². The van der Waals surface area contributed by atoms with Crippen LogP contribution in [0.5, 0.6) is 0 Å². The summed E-state index contributed by atoms with van der Waals surface area (Å²) >= 11 is 0. The second kappa shape index (κ2) is 6.19. The molecule has 0 atom stereocenters. The number of tetrazole rings is 1. The maximum Gasteiger partial charge on any atom is 0.251 e. The van der Waals surface area contributed by atoms with Crippen molar-refractivity contribution < 1.29 is 4.79 Å². The van der Waals surface area contributed by atoms with Crippen molar-refractivity contribution in [2.45, 2.75) is 24.8 Å². The van der Waals surface area contributed by atoms with Gasteiger partial charge in [-0.2, -0.15) is 0 Å². The zero-order chi connectivity index (χ0) is 14.0. The summed E-state index contributed by atoms with van der Waals surface area (Å²) in [7, 11) is 0. The number of rotatable bonds is 4. The van der Waals surface area contributed by atoms with Gasteiger partial charge in [-0.25, -0.2) is 4.68 Å². The lowest BCUT2D eigenvalue weighted by Gasteiger charge is -2.38. The number of nitrogens with two attached hydrogens (primary N) is 1. The molecule has 1 heterocycles. The summed E-state index contributed by atoms with van der Waals surface area (Å²) in [6.45, 7) is 0.528. The molecule has 1 amide bonds. The van der Waals surface area contributed by atoms with E-state index < -0.39 is 0 Å². The number of aromatic nitrogens is 4. The fraction of sp³-hybridized carbons (Fsp3) is 0.385. The molecule has 112 valence electrons. The topological polar surface area (TPSA) is 98.7 Å². The molecule has 0 bridgehead atoms. The van der Waals surface area contributed by atoms with Crippen molar-refractivity contribution in [3.05, 3.63) is 36.2 Å². The number of halogens is 1. The van der Waals surface area contributed by atoms with Gasteiger partial charge in [0.1, 0.15) is 6.33 Å². The summed E-state index contributed by atoms with van der Waals surface area (Å²) in [4.78, 5) is 12.0. The third-order valence-corrected chi connectivity index (χ3v) is 3.69. The second-order valence-electron chi connectivity index (χ2n) is 5.20. The molecular formula is C13H17ClN6O. The molecule has 0 unspecified atom stereocenters. The first-order valence-electron chi connectivity index (χ1n) is 6.57. The maximum atomic E-state index is 12.0. The Morgan fingerprint density at radius 1 is 1.33 bits per heavy atom. The highest BCUT2D eigenvalue weighted by Crippen LogP contribution is 2.28. The number of hydrogen-bond donors (Lipinski definition) is 2. The van der Waals surface area contributed by atoms with E-state index in [9.17, 15) is 4.79 Å². The Morgan fingerprint density at radius 2 is 2.05 bits per heavy atom. The molecule has 0 spiro atoms. The first-order valence-corrected chi connectivity index (χ1v) is 6.57. The summed E-state index contributed by atoms with van der Waals surface area (Å²) in [5.41, 5.74) is 7.28. The zero-order valence-electron chi connectivity index (χ0n) is 11.4. The number of nitrogens with one attached hydrogen (secondary N) is 1. The number of benzene rings is 1. The van der Waals surface area contributed by atoms with E-state index in [-0.39, 0.29) is 23.9 Å². The molecular weight excluding hydrogens is 292 g/mol. The summed E-state index contributed by atoms with van der Waals surface area (Å²) in [6.07, 6.45) is 4.61. The minimum Gasteiger partial charge on any atom is -0.350 e. The van der Waals surface area contributed by atoms with Crippen LogP contribution in [-0.2, 0) is 0 Å². The molecule has 3 rings (SSSR count). The quantitative estimate of drug-likeness (QED) is 0.866. The van der Waals surface area contributed by atoms with Crippen LogP contribution in [0, 0.1) is 0 Å². The van der Waals surface area contributed by atoms with Gasteiger partial charge in [0.05, 0.1) is 5.69 Å². The van der Waals surface area contributed by atoms with Crippen LogP contribution in [0.15, 0.2) is 30.6 Å². The first kappa shape index (κ1) is 15.4. The normalized spacial score (nSPS) is 15.7. The van der Waals surface area contributed by atoms with Gasteiger partial charge in [-0.15, -0.1) is 17.5 Å². The summed E-state index contributed by atoms with van der Waals surface area (Å²) in [5, 5.41) is 13.8. The minimum absolute atomic E-state index is 0. The van der Waals surface area contributed by atoms with Crippen molar-refractivity contribution in [3.8, 4) is 5.69 Å². The van der Waals surface area contributed by atoms with Crippen LogP contribution in [0.1, 0.15) is 29.6 Å². The Bertz CT molecular complexity index is 594. The average Bonchev–Trinajstić information content (AvgIpc) is 2.97. The van der Waals surface area contributed by atoms with Crippen LogP contribution < -0.4 is 11.1 Å². The molecule has 0 radical (unpaired) electrons. The number of hydrogen-bond acceptors (Lipinski definition) is 5. The van der Waals surface area contributed by atoms with Crippen LogP contribution in [-0.4, -0.2) is 38.2 Å². The average molecular weight is 309 g/mol. The van der Waals surface area contributed by atoms with Crippen molar-refractivity contribution in [1.29, 1.82) is 0 Å². The van der Waals surface area contributed by atoms with Crippen molar-refractivity contribution >= 4 is 18.3 Å². The third-order valence-electron chi connectivity index (χ3n) is 3.69. The van der Waals surface area contributed by atoms with Crippen molar-refractivity contribution in [1.82, 2.24) is 25.5 Å². The molecule has 1 fully saturated rings. The van der Waals surface area contributed by atoms with Crippen molar-refractivity contribution in [2.75, 3.05) is 6.54 Å². The number of amides is 1. The van der Waals surface area contributed by atoms with E-state index in [1.54, 1.807) is 24.3 Å². The molecule has 0 saturated heterocycles. The Kier molecular flexibility index (Phi) is 4.54. The van der Waals surface area contributed by atoms with E-state index in [1.165, 1.54) is 11.0 Å². The van der Waals surface area contributed by atoms with E-state index in [0.29, 0.717) is 12.1 Å². The van der Waals surface area contributed by atoms with Gasteiger partial charge in [0.25, 0.3) is 5.91 Å². The predicted octanol–water partition coefficient (Wildman–Crippen LogP) is 0.695. The Balaban J connectivity index is 0.00000161. The molecule has 1 aromatic heterocycles. The summed E-state index contributed by atoms with van der Waals surface area (Å²) < 4.78 is 1.53. The fourth-order valence-corrected chi connectivity index (χ4v) is 2.21. The highest BCUT2D eigenvalue weighted by molar-refractivity contribution is 5.94. The molecule has 1 aliphatic rings. The summed E-state index contributed by atoms with van der Waals surface area (Å²) in [5.74, 6) is -0.106. The highest BCUT2D eigenvalue weighted by atomic mass is 35.5. The van der Waals surface area contributed by atoms with Crippen LogP contribution in [0.3, 0.4) is 0 Å². The molecule has 8 heteroatoms. The van der Waals surface area contributed by atoms with Crippen molar-refractivity contribution in [3.63, 3.8) is 0 Å². The Morgan fingerprint density at radius 3 is 2.57 bits per heavy atom. The molecule has 2 aromatic rings. The van der Waals surface area contributed by atoms with Gasteiger partial charge < -0.3 is 11.1 Å². The first-order chi connectivity index (χ1) is 9.66. The maximum absolute atomic E-state index is 12.0. The van der Waals surface area contributed by atoms with Gasteiger partial charge in [0.2, 0.25) is 0 Å². The van der Waals surface area contributed by atoms with E-state index in [1.807, 2.05) is 0 Å². The molecule has 3 N–H and O–H groups in total. The molecule has 0 aliphatic heterocycles. The van der Waals surface area contributed by atoms with E-state index in [2.05, 4.69) is 20.8 Å². The smallest absolute Gasteiger partial charge is 0.251 e. The second-order valence-corrected chi connectivity index (χ2v) is 5.20. The standard InChI is InChI=1S/C13H16N6O.ClH/c14-13(6-1-7-13)8-15-12(20)10-2-4-11(5-3-10)19-9-16-17-18-19;/h2-5,9H,1,6-8,14H2,(H,15,20);1H. The molecule has 1 aromatic carbocycles. The fourth-order valence-electron chi connectivity index (χ4n) is 2.21. The number of nitrogens with zero attached hydrogens (tertiary/aromatic N) is 4. The molecule has 21 heavy (non-hydrogen) atoms. The Labute approximate surface area is 128 Å². The van der Waals surface area contributed by atoms with Crippen LogP contribution >= 0.6 is 12.4 Å². The highest BCUT2D eigenvalue weighted by Gasteiger charge is 2.32. The van der Waals surface area contributed by atoms with E-state index in [0.717, 1.165) is 24.9 Å².